The number of nitrogens with zero attached hydrogens (tertiary/aromatic N) is 2. The van der Waals surface area contributed by atoms with Crippen molar-refractivity contribution in [3.63, 3.8) is 0 Å². The monoisotopic (exact) mass is 376 g/mol. The summed E-state index contributed by atoms with van der Waals surface area (Å²) in [6.45, 7) is 0.349. The van der Waals surface area contributed by atoms with Crippen LogP contribution in [0.1, 0.15) is 12.0 Å². The van der Waals surface area contributed by atoms with E-state index in [0.29, 0.717) is 18.7 Å². The molecule has 25 heavy (non-hydrogen) atoms. The zero-order chi connectivity index (χ0) is 17.3. The molecule has 1 fully saturated rings. The number of hydrogen-bond donors (Lipinski definition) is 3. The van der Waals surface area contributed by atoms with Gasteiger partial charge in [0.05, 0.1) is 41.5 Å². The highest BCUT2D eigenvalue weighted by Crippen LogP contribution is 2.30. The number of carbonyl (C=O) groups is 1. The number of aliphatic hydroxyl groups is 1. The van der Waals surface area contributed by atoms with E-state index in [0.717, 1.165) is 12.1 Å². The minimum atomic E-state index is -4.44. The van der Waals surface area contributed by atoms with Gasteiger partial charge in [-0.25, -0.2) is 4.68 Å². The summed E-state index contributed by atoms with van der Waals surface area (Å²) >= 11 is 0. The molecule has 1 saturated heterocycles. The van der Waals surface area contributed by atoms with Crippen LogP contribution in [0.25, 0.3) is 5.69 Å². The molecule has 10 heteroatoms. The van der Waals surface area contributed by atoms with Gasteiger partial charge in [0.2, 0.25) is 5.91 Å². The van der Waals surface area contributed by atoms with Gasteiger partial charge in [0.25, 0.3) is 0 Å². The summed E-state index contributed by atoms with van der Waals surface area (Å²) in [4.78, 5) is 12.0. The number of aromatic nitrogens is 2. The lowest BCUT2D eigenvalue weighted by Gasteiger charge is -2.09. The van der Waals surface area contributed by atoms with Crippen LogP contribution < -0.4 is 10.6 Å². The van der Waals surface area contributed by atoms with Gasteiger partial charge in [-0.05, 0) is 24.6 Å². The lowest BCUT2D eigenvalue weighted by Crippen LogP contribution is -2.35. The van der Waals surface area contributed by atoms with Crippen LogP contribution >= 0.6 is 12.4 Å². The quantitative estimate of drug-likeness (QED) is 0.765. The molecule has 3 rings (SSSR count). The molecular weight excluding hydrogens is 361 g/mol. The molecule has 1 amide bonds. The molecule has 1 aromatic heterocycles. The number of hydrogen-bond acceptors (Lipinski definition) is 4. The van der Waals surface area contributed by atoms with Gasteiger partial charge in [0.1, 0.15) is 0 Å². The highest BCUT2D eigenvalue weighted by Gasteiger charge is 2.31. The molecule has 1 aromatic carbocycles. The summed E-state index contributed by atoms with van der Waals surface area (Å²) in [5.74, 6) is -0.324. The van der Waals surface area contributed by atoms with Crippen molar-refractivity contribution in [2.45, 2.75) is 24.7 Å². The molecule has 0 spiro atoms. The van der Waals surface area contributed by atoms with E-state index < -0.39 is 23.9 Å². The van der Waals surface area contributed by atoms with Crippen molar-refractivity contribution in [3.05, 3.63) is 42.2 Å². The van der Waals surface area contributed by atoms with Gasteiger partial charge < -0.3 is 15.7 Å². The third-order valence-electron chi connectivity index (χ3n) is 3.71. The van der Waals surface area contributed by atoms with Crippen molar-refractivity contribution in [1.82, 2.24) is 15.1 Å². The molecule has 2 heterocycles. The second kappa shape index (κ2) is 7.42. The van der Waals surface area contributed by atoms with E-state index in [2.05, 4.69) is 15.7 Å². The van der Waals surface area contributed by atoms with Crippen LogP contribution in [0.2, 0.25) is 0 Å². The van der Waals surface area contributed by atoms with Crippen LogP contribution in [0.5, 0.6) is 0 Å². The van der Waals surface area contributed by atoms with E-state index in [9.17, 15) is 23.1 Å². The summed E-state index contributed by atoms with van der Waals surface area (Å²) in [5.41, 5.74) is -0.175. The zero-order valence-corrected chi connectivity index (χ0v) is 13.6. The second-order valence-corrected chi connectivity index (χ2v) is 5.56. The number of amides is 1. The number of anilines is 1. The Hall–Kier alpha value is -2.10. The minimum Gasteiger partial charge on any atom is -0.392 e. The van der Waals surface area contributed by atoms with Gasteiger partial charge >= 0.3 is 6.18 Å². The average molecular weight is 377 g/mol. The summed E-state index contributed by atoms with van der Waals surface area (Å²) in [5, 5.41) is 18.9. The summed E-state index contributed by atoms with van der Waals surface area (Å²) in [6, 6.07) is 4.24. The van der Waals surface area contributed by atoms with Crippen LogP contribution in [0.4, 0.5) is 18.9 Å². The van der Waals surface area contributed by atoms with Crippen molar-refractivity contribution in [2.24, 2.45) is 0 Å². The Kier molecular flexibility index (Phi) is 5.71. The Bertz CT molecular complexity index is 750. The lowest BCUT2D eigenvalue weighted by molar-refractivity contribution is -0.137. The third-order valence-corrected chi connectivity index (χ3v) is 3.71. The standard InChI is InChI=1S/C15H15F3N4O2.ClH/c16-15(17,18)9-2-1-3-11(4-9)22-8-10(6-20-22)21-14(24)13-5-12(23)7-19-13;/h1-4,6,8,12-13,19,23H,5,7H2,(H,21,24);1H. The maximum absolute atomic E-state index is 12.8. The zero-order valence-electron chi connectivity index (χ0n) is 12.8. The highest BCUT2D eigenvalue weighted by molar-refractivity contribution is 5.94. The predicted octanol–water partition coefficient (Wildman–Crippen LogP) is 1.97. The van der Waals surface area contributed by atoms with Crippen molar-refractivity contribution in [2.75, 3.05) is 11.9 Å². The number of β-amino-alcohol motifs (C(OH)–C–C–N with tert-alkyl or cyclic N) is 1. The van der Waals surface area contributed by atoms with Crippen molar-refractivity contribution in [3.8, 4) is 5.69 Å². The molecule has 136 valence electrons. The van der Waals surface area contributed by atoms with Gasteiger partial charge in [0, 0.05) is 6.54 Å². The Morgan fingerprint density at radius 1 is 1.40 bits per heavy atom. The first-order valence-corrected chi connectivity index (χ1v) is 7.27. The van der Waals surface area contributed by atoms with E-state index in [1.807, 2.05) is 0 Å². The Labute approximate surface area is 147 Å². The maximum Gasteiger partial charge on any atom is 0.416 e. The van der Waals surface area contributed by atoms with E-state index in [1.165, 1.54) is 29.2 Å². The van der Waals surface area contributed by atoms with Crippen LogP contribution in [-0.2, 0) is 11.0 Å². The van der Waals surface area contributed by atoms with Crippen LogP contribution in [0, 0.1) is 0 Å². The normalized spacial score (nSPS) is 20.2. The van der Waals surface area contributed by atoms with E-state index >= 15 is 0 Å². The fourth-order valence-electron chi connectivity index (χ4n) is 2.50. The summed E-state index contributed by atoms with van der Waals surface area (Å²) < 4.78 is 39.5. The molecular formula is C15H16ClF3N4O2. The SMILES string of the molecule is Cl.O=C(Nc1cnn(-c2cccc(C(F)(F)F)c2)c1)C1CC(O)CN1. The Balaban J connectivity index is 0.00000225. The average Bonchev–Trinajstić information content (AvgIpc) is 3.16. The first-order valence-electron chi connectivity index (χ1n) is 7.27. The Morgan fingerprint density at radius 3 is 2.80 bits per heavy atom. The van der Waals surface area contributed by atoms with E-state index in [1.54, 1.807) is 0 Å². The van der Waals surface area contributed by atoms with Gasteiger partial charge in [-0.3, -0.25) is 4.79 Å². The topological polar surface area (TPSA) is 79.2 Å². The molecule has 3 N–H and O–H groups in total. The molecule has 2 atom stereocenters. The first kappa shape index (κ1) is 19.2. The summed E-state index contributed by atoms with van der Waals surface area (Å²) in [7, 11) is 0. The van der Waals surface area contributed by atoms with E-state index in [4.69, 9.17) is 0 Å². The maximum atomic E-state index is 12.8. The Morgan fingerprint density at radius 2 is 2.16 bits per heavy atom. The smallest absolute Gasteiger partial charge is 0.392 e. The highest BCUT2D eigenvalue weighted by atomic mass is 35.5. The van der Waals surface area contributed by atoms with Crippen molar-refractivity contribution < 1.29 is 23.1 Å². The number of benzene rings is 1. The lowest BCUT2D eigenvalue weighted by atomic mass is 10.2. The van der Waals surface area contributed by atoms with Gasteiger partial charge in [-0.1, -0.05) is 6.07 Å². The number of carbonyl (C=O) groups excluding carboxylic acids is 1. The second-order valence-electron chi connectivity index (χ2n) is 5.56. The molecule has 2 unspecified atom stereocenters. The fraction of sp³-hybridized carbons (Fsp3) is 0.333. The molecule has 0 saturated carbocycles. The van der Waals surface area contributed by atoms with Gasteiger partial charge in [0.15, 0.2) is 0 Å². The number of rotatable bonds is 3. The van der Waals surface area contributed by atoms with Crippen molar-refractivity contribution >= 4 is 24.0 Å². The predicted molar refractivity (Wildman–Crippen MR) is 86.9 cm³/mol. The fourth-order valence-corrected chi connectivity index (χ4v) is 2.50. The molecule has 0 aliphatic carbocycles. The first-order chi connectivity index (χ1) is 11.3. The molecule has 1 aliphatic heterocycles. The number of nitrogens with one attached hydrogen (secondary N) is 2. The number of alkyl halides is 3. The summed E-state index contributed by atoms with van der Waals surface area (Å²) in [6.07, 6.45) is -1.90. The molecule has 2 aromatic rings. The largest absolute Gasteiger partial charge is 0.416 e. The van der Waals surface area contributed by atoms with Crippen LogP contribution in [0.3, 0.4) is 0 Å². The van der Waals surface area contributed by atoms with E-state index in [-0.39, 0.29) is 24.0 Å². The van der Waals surface area contributed by atoms with Crippen molar-refractivity contribution in [1.29, 1.82) is 0 Å². The molecule has 6 nitrogen and oxygen atoms in total. The third kappa shape index (κ3) is 4.50. The van der Waals surface area contributed by atoms with Crippen LogP contribution in [-0.4, -0.2) is 39.5 Å². The number of halogens is 4. The molecule has 1 aliphatic rings. The minimum absolute atomic E-state index is 0. The molecule has 0 radical (unpaired) electrons. The van der Waals surface area contributed by atoms with Gasteiger partial charge in [-0.15, -0.1) is 12.4 Å². The molecule has 0 bridgehead atoms. The number of aliphatic hydroxyl groups excluding tert-OH is 1. The van der Waals surface area contributed by atoms with Gasteiger partial charge in [-0.2, -0.15) is 18.3 Å². The van der Waals surface area contributed by atoms with Crippen LogP contribution in [0.15, 0.2) is 36.7 Å².